The van der Waals surface area contributed by atoms with Crippen molar-refractivity contribution in [1.29, 1.82) is 0 Å². The van der Waals surface area contributed by atoms with Crippen molar-refractivity contribution < 1.29 is 9.39 Å². The molecule has 2 aliphatic rings. The third-order valence-corrected chi connectivity index (χ3v) is 10.7. The first-order valence-corrected chi connectivity index (χ1v) is 17.7. The maximum absolute atomic E-state index is 6.68. The van der Waals surface area contributed by atoms with Crippen molar-refractivity contribution in [2.24, 2.45) is 0 Å². The molecule has 0 aliphatic carbocycles. The summed E-state index contributed by atoms with van der Waals surface area (Å²) in [6.45, 7) is -0.298. The van der Waals surface area contributed by atoms with Gasteiger partial charge in [0.25, 0.3) is 0 Å². The lowest BCUT2D eigenvalue weighted by Crippen LogP contribution is -2.53. The second-order valence-corrected chi connectivity index (χ2v) is 13.6. The van der Waals surface area contributed by atoms with Crippen LogP contribution in [0.3, 0.4) is 0 Å². The maximum atomic E-state index is 6.68. The molecule has 5 heterocycles. The van der Waals surface area contributed by atoms with Gasteiger partial charge in [-0.1, -0.05) is 109 Å². The van der Waals surface area contributed by atoms with Gasteiger partial charge in [0, 0.05) is 43.6 Å². The van der Waals surface area contributed by atoms with E-state index < -0.39 is 0 Å². The van der Waals surface area contributed by atoms with Crippen LogP contribution in [0.4, 0.5) is 0 Å². The minimum absolute atomic E-state index is 0.298. The largest absolute Gasteiger partial charge is 0.551 e. The lowest BCUT2D eigenvalue weighted by atomic mass is 9.51. The molecule has 2 aliphatic heterocycles. The van der Waals surface area contributed by atoms with Gasteiger partial charge in [-0.2, -0.15) is 15.0 Å². The molecule has 0 unspecified atom stereocenters. The van der Waals surface area contributed by atoms with Crippen molar-refractivity contribution in [1.82, 2.24) is 24.1 Å². The molecule has 0 bridgehead atoms. The summed E-state index contributed by atoms with van der Waals surface area (Å²) in [5, 5.41) is 4.54. The van der Waals surface area contributed by atoms with Gasteiger partial charge in [-0.3, -0.25) is 9.13 Å². The molecule has 7 nitrogen and oxygen atoms in total. The van der Waals surface area contributed by atoms with Gasteiger partial charge in [-0.05, 0) is 54.1 Å². The molecular weight excluding hydrogens is 653 g/mol. The summed E-state index contributed by atoms with van der Waals surface area (Å²) in [5.41, 5.74) is 8.96. The summed E-state index contributed by atoms with van der Waals surface area (Å²) in [4.78, 5) is 16.0. The zero-order valence-electron chi connectivity index (χ0n) is 28.1. The Morgan fingerprint density at radius 2 is 0.925 bits per heavy atom. The van der Waals surface area contributed by atoms with Gasteiger partial charge in [0.2, 0.25) is 11.9 Å². The van der Waals surface area contributed by atoms with Gasteiger partial charge < -0.3 is 9.39 Å². The highest BCUT2D eigenvalue weighted by molar-refractivity contribution is 6.84. The van der Waals surface area contributed by atoms with Crippen molar-refractivity contribution >= 4 is 61.5 Å². The van der Waals surface area contributed by atoms with Crippen LogP contribution < -0.4 is 20.3 Å². The Labute approximate surface area is 303 Å². The molecule has 0 saturated carbocycles. The highest BCUT2D eigenvalue weighted by atomic mass is 16.5. The highest BCUT2D eigenvalue weighted by Gasteiger charge is 2.41. The van der Waals surface area contributed by atoms with Crippen LogP contribution in [-0.2, 0) is 0 Å². The molecule has 0 fully saturated rings. The average molecular weight is 680 g/mol. The zero-order valence-corrected chi connectivity index (χ0v) is 28.1. The molecule has 8 heteroatoms. The van der Waals surface area contributed by atoms with E-state index in [1.54, 1.807) is 0 Å². The number of benzene rings is 7. The van der Waals surface area contributed by atoms with E-state index in [2.05, 4.69) is 130 Å². The Morgan fingerprint density at radius 1 is 0.434 bits per heavy atom. The average Bonchev–Trinajstić information content (AvgIpc) is 3.74. The second kappa shape index (κ2) is 10.7. The molecule has 3 aromatic heterocycles. The fraction of sp³-hybridized carbons (Fsp3) is 0. The van der Waals surface area contributed by atoms with Crippen molar-refractivity contribution in [3.63, 3.8) is 0 Å². The summed E-state index contributed by atoms with van der Waals surface area (Å²) in [6.07, 6.45) is 0. The van der Waals surface area contributed by atoms with Crippen LogP contribution >= 0.6 is 0 Å². The smallest absolute Gasteiger partial charge is 0.434 e. The minimum Gasteiger partial charge on any atom is -0.551 e. The number of rotatable bonds is 3. The van der Waals surface area contributed by atoms with Crippen LogP contribution in [0.2, 0.25) is 0 Å². The number of nitrogens with zero attached hydrogens (tertiary/aromatic N) is 5. The molecule has 7 aromatic carbocycles. The first-order valence-electron chi connectivity index (χ1n) is 17.7. The number of para-hydroxylation sites is 6. The van der Waals surface area contributed by atoms with Crippen LogP contribution in [0.15, 0.2) is 158 Å². The van der Waals surface area contributed by atoms with Gasteiger partial charge in [-0.15, -0.1) is 0 Å². The third-order valence-electron chi connectivity index (χ3n) is 10.7. The molecule has 0 atom stereocenters. The number of aromatic nitrogens is 5. The van der Waals surface area contributed by atoms with E-state index in [9.17, 15) is 0 Å². The van der Waals surface area contributed by atoms with Gasteiger partial charge >= 0.3 is 6.92 Å². The Bertz CT molecular complexity index is 2930. The van der Waals surface area contributed by atoms with Crippen LogP contribution in [0.1, 0.15) is 0 Å². The maximum Gasteiger partial charge on any atom is 0.434 e. The van der Waals surface area contributed by atoms with Crippen LogP contribution in [0.25, 0.3) is 78.0 Å². The summed E-state index contributed by atoms with van der Waals surface area (Å²) < 4.78 is 17.7. The predicted octanol–water partition coefficient (Wildman–Crippen LogP) is 9.00. The SMILES string of the molecule is c1ccc2c(c1)Oc1cc(-c3nc(-n4c5ccccc5c5ccccc54)nc(-n4c5ccccc5c5ccccc54)n3)cc3c1B2Oc1ccccc1-3. The summed E-state index contributed by atoms with van der Waals surface area (Å²) in [6, 6.07) is 54.2. The van der Waals surface area contributed by atoms with Crippen molar-refractivity contribution in [2.45, 2.75) is 0 Å². The molecule has 0 amide bonds. The molecule has 0 N–H and O–H groups in total. The van der Waals surface area contributed by atoms with E-state index in [-0.39, 0.29) is 6.92 Å². The van der Waals surface area contributed by atoms with Crippen LogP contribution in [-0.4, -0.2) is 31.0 Å². The molecule has 0 spiro atoms. The Morgan fingerprint density at radius 3 is 1.51 bits per heavy atom. The van der Waals surface area contributed by atoms with Gasteiger partial charge in [-0.25, -0.2) is 0 Å². The van der Waals surface area contributed by atoms with Crippen LogP contribution in [0.5, 0.6) is 17.2 Å². The highest BCUT2D eigenvalue weighted by Crippen LogP contribution is 2.41. The Balaban J connectivity index is 1.18. The number of hydrogen-bond acceptors (Lipinski definition) is 5. The third kappa shape index (κ3) is 4.03. The Kier molecular flexibility index (Phi) is 5.74. The van der Waals surface area contributed by atoms with Crippen molar-refractivity contribution in [3.05, 3.63) is 158 Å². The summed E-state index contributed by atoms with van der Waals surface area (Å²) in [5.74, 6) is 3.94. The van der Waals surface area contributed by atoms with Crippen molar-refractivity contribution in [3.8, 4) is 51.7 Å². The monoisotopic (exact) mass is 679 g/mol. The summed E-state index contributed by atoms with van der Waals surface area (Å²) in [7, 11) is 0. The van der Waals surface area contributed by atoms with E-state index in [4.69, 9.17) is 24.3 Å². The van der Waals surface area contributed by atoms with E-state index in [1.165, 1.54) is 0 Å². The minimum atomic E-state index is -0.298. The van der Waals surface area contributed by atoms with Gasteiger partial charge in [0.15, 0.2) is 5.82 Å². The normalized spacial score (nSPS) is 12.8. The standard InChI is InChI=1S/C45H26BN5O2/c1-7-19-35-28(13-1)29-14-2-8-20-36(29)50(35)44-47-43(48-45(49-44)51-37-21-9-3-15-30(37)31-16-4-10-22-38(31)51)27-25-33-32-17-5-11-23-39(32)53-46-34-18-6-12-24-40(34)52-41(26-27)42(33)46/h1-26H. The molecule has 246 valence electrons. The first-order chi connectivity index (χ1) is 26.3. The van der Waals surface area contributed by atoms with Crippen molar-refractivity contribution in [2.75, 3.05) is 0 Å². The molecule has 12 rings (SSSR count). The summed E-state index contributed by atoms with van der Waals surface area (Å²) >= 11 is 0. The quantitative estimate of drug-likeness (QED) is 0.175. The fourth-order valence-corrected chi connectivity index (χ4v) is 8.40. The van der Waals surface area contributed by atoms with E-state index in [0.717, 1.165) is 88.5 Å². The number of hydrogen-bond donors (Lipinski definition) is 0. The fourth-order valence-electron chi connectivity index (χ4n) is 8.40. The van der Waals surface area contributed by atoms with Gasteiger partial charge in [0.1, 0.15) is 17.2 Å². The van der Waals surface area contributed by atoms with E-state index >= 15 is 0 Å². The van der Waals surface area contributed by atoms with E-state index in [1.807, 2.05) is 36.4 Å². The topological polar surface area (TPSA) is 67.0 Å². The zero-order chi connectivity index (χ0) is 34.6. The lowest BCUT2D eigenvalue weighted by Gasteiger charge is -2.33. The lowest BCUT2D eigenvalue weighted by molar-refractivity contribution is 0.479. The number of fused-ring (bicyclic) bond motifs is 10. The second-order valence-electron chi connectivity index (χ2n) is 13.6. The number of ether oxygens (including phenoxy) is 1. The predicted molar refractivity (Wildman–Crippen MR) is 212 cm³/mol. The molecular formula is C45H26BN5O2. The van der Waals surface area contributed by atoms with Gasteiger partial charge in [0.05, 0.1) is 22.1 Å². The molecule has 10 aromatic rings. The molecule has 53 heavy (non-hydrogen) atoms. The molecule has 0 radical (unpaired) electrons. The first kappa shape index (κ1) is 28.5. The van der Waals surface area contributed by atoms with E-state index in [0.29, 0.717) is 17.7 Å². The molecule has 0 saturated heterocycles. The van der Waals surface area contributed by atoms with Crippen LogP contribution in [0, 0.1) is 0 Å². The Hall–Kier alpha value is -7.19.